The second-order valence-electron chi connectivity index (χ2n) is 7.82. The Bertz CT molecular complexity index is 997. The lowest BCUT2D eigenvalue weighted by Gasteiger charge is -2.24. The van der Waals surface area contributed by atoms with Gasteiger partial charge >= 0.3 is 5.97 Å². The lowest BCUT2D eigenvalue weighted by Crippen LogP contribution is -2.57. The van der Waals surface area contributed by atoms with Gasteiger partial charge in [-0.25, -0.2) is 4.79 Å². The molecule has 9 N–H and O–H groups in total. The van der Waals surface area contributed by atoms with Crippen LogP contribution in [-0.4, -0.2) is 70.7 Å². The highest BCUT2D eigenvalue weighted by Crippen LogP contribution is 2.19. The molecule has 0 saturated heterocycles. The number of amides is 3. The van der Waals surface area contributed by atoms with E-state index < -0.39 is 41.8 Å². The molecular formula is C22H32N6O5S. The van der Waals surface area contributed by atoms with Crippen LogP contribution in [0.1, 0.15) is 24.8 Å². The monoisotopic (exact) mass is 492 g/mol. The zero-order valence-electron chi connectivity index (χ0n) is 18.8. The zero-order valence-corrected chi connectivity index (χ0v) is 19.6. The number of aromatic amines is 1. The number of aliphatic carboxylic acids is 1. The van der Waals surface area contributed by atoms with Crippen molar-refractivity contribution in [2.45, 2.75) is 43.8 Å². The molecule has 1 heterocycles. The Labute approximate surface area is 202 Å². The average molecular weight is 493 g/mol. The number of carbonyl (C=O) groups excluding carboxylic acids is 3. The van der Waals surface area contributed by atoms with E-state index in [1.807, 2.05) is 24.3 Å². The lowest BCUT2D eigenvalue weighted by atomic mass is 10.0. The zero-order chi connectivity index (χ0) is 25.1. The summed E-state index contributed by atoms with van der Waals surface area (Å²) in [4.78, 5) is 52.4. The minimum Gasteiger partial charge on any atom is -0.480 e. The van der Waals surface area contributed by atoms with Crippen molar-refractivity contribution in [3.05, 3.63) is 36.0 Å². The predicted molar refractivity (Wildman–Crippen MR) is 131 cm³/mol. The Balaban J connectivity index is 2.27. The van der Waals surface area contributed by atoms with Crippen LogP contribution < -0.4 is 27.4 Å². The third-order valence-corrected chi connectivity index (χ3v) is 5.68. The molecule has 1 aromatic heterocycles. The molecule has 34 heavy (non-hydrogen) atoms. The Kier molecular flexibility index (Phi) is 10.8. The number of nitrogens with two attached hydrogens (primary N) is 2. The molecule has 2 aromatic rings. The van der Waals surface area contributed by atoms with E-state index in [0.717, 1.165) is 16.5 Å². The number of aromatic nitrogens is 1. The summed E-state index contributed by atoms with van der Waals surface area (Å²) in [5.74, 6) is -3.12. The number of rotatable bonds is 14. The summed E-state index contributed by atoms with van der Waals surface area (Å²) in [5, 5.41) is 17.8. The van der Waals surface area contributed by atoms with Gasteiger partial charge in [-0.15, -0.1) is 0 Å². The van der Waals surface area contributed by atoms with E-state index in [1.165, 1.54) is 0 Å². The van der Waals surface area contributed by atoms with E-state index >= 15 is 0 Å². The number of carboxylic acid groups (broad SMARTS) is 1. The fourth-order valence-electron chi connectivity index (χ4n) is 3.47. The normalized spacial score (nSPS) is 13.6. The van der Waals surface area contributed by atoms with Crippen LogP contribution in [0.4, 0.5) is 0 Å². The molecule has 0 aliphatic heterocycles. The summed E-state index contributed by atoms with van der Waals surface area (Å²) in [6.07, 6.45) is 3.38. The van der Waals surface area contributed by atoms with Crippen LogP contribution in [0, 0.1) is 0 Å². The van der Waals surface area contributed by atoms with Crippen molar-refractivity contribution in [3.8, 4) is 0 Å². The quantitative estimate of drug-likeness (QED) is 0.126. The summed E-state index contributed by atoms with van der Waals surface area (Å²) in [6.45, 7) is 0.146. The van der Waals surface area contributed by atoms with E-state index in [2.05, 4.69) is 33.6 Å². The van der Waals surface area contributed by atoms with Crippen molar-refractivity contribution in [1.29, 1.82) is 0 Å². The van der Waals surface area contributed by atoms with Crippen molar-refractivity contribution in [2.24, 2.45) is 11.5 Å². The van der Waals surface area contributed by atoms with Gasteiger partial charge in [0.2, 0.25) is 17.7 Å². The minimum absolute atomic E-state index is 0.0981. The highest BCUT2D eigenvalue weighted by molar-refractivity contribution is 7.80. The summed E-state index contributed by atoms with van der Waals surface area (Å²) in [5.41, 5.74) is 12.5. The van der Waals surface area contributed by atoms with Gasteiger partial charge in [0.1, 0.15) is 18.1 Å². The fourth-order valence-corrected chi connectivity index (χ4v) is 3.72. The Morgan fingerprint density at radius 3 is 2.29 bits per heavy atom. The van der Waals surface area contributed by atoms with Gasteiger partial charge in [0.05, 0.1) is 6.54 Å². The maximum atomic E-state index is 13.1. The number of benzene rings is 1. The smallest absolute Gasteiger partial charge is 0.327 e. The van der Waals surface area contributed by atoms with E-state index in [4.69, 9.17) is 11.5 Å². The molecule has 3 unspecified atom stereocenters. The standard InChI is InChI=1S/C22H32N6O5S/c23-8-4-3-7-16(26-19(29)10-24)20(30)27-17(21(31)28-18(12-34)22(32)33)9-13-11-25-15-6-2-1-5-14(13)15/h1-2,5-6,11,16-18,25,34H,3-4,7-10,12,23-24H2,(H,26,29)(H,27,30)(H,28,31)(H,32,33). The molecule has 0 aliphatic rings. The molecule has 0 aliphatic carbocycles. The van der Waals surface area contributed by atoms with Crippen molar-refractivity contribution in [2.75, 3.05) is 18.8 Å². The highest BCUT2D eigenvalue weighted by Gasteiger charge is 2.29. The van der Waals surface area contributed by atoms with Crippen molar-refractivity contribution < 1.29 is 24.3 Å². The van der Waals surface area contributed by atoms with Crippen LogP contribution in [0.25, 0.3) is 10.9 Å². The SMILES string of the molecule is NCCCCC(NC(=O)CN)C(=O)NC(Cc1c[nH]c2ccccc12)C(=O)NC(CS)C(=O)O. The summed E-state index contributed by atoms with van der Waals surface area (Å²) in [6, 6.07) is 4.23. The Morgan fingerprint density at radius 2 is 1.65 bits per heavy atom. The van der Waals surface area contributed by atoms with E-state index in [-0.39, 0.29) is 18.7 Å². The molecule has 3 atom stereocenters. The number of hydrogen-bond donors (Lipinski definition) is 8. The first-order valence-corrected chi connectivity index (χ1v) is 11.6. The number of carboxylic acids is 1. The topological polar surface area (TPSA) is 192 Å². The molecule has 0 fully saturated rings. The van der Waals surface area contributed by atoms with Gasteiger partial charge in [-0.2, -0.15) is 12.6 Å². The average Bonchev–Trinajstić information content (AvgIpc) is 3.23. The van der Waals surface area contributed by atoms with Gasteiger partial charge in [-0.3, -0.25) is 14.4 Å². The second-order valence-corrected chi connectivity index (χ2v) is 8.18. The van der Waals surface area contributed by atoms with Crippen LogP contribution in [0.2, 0.25) is 0 Å². The largest absolute Gasteiger partial charge is 0.480 e. The molecule has 186 valence electrons. The van der Waals surface area contributed by atoms with Crippen LogP contribution in [0.5, 0.6) is 0 Å². The number of H-pyrrole nitrogens is 1. The summed E-state index contributed by atoms with van der Waals surface area (Å²) >= 11 is 3.98. The highest BCUT2D eigenvalue weighted by atomic mass is 32.1. The molecular weight excluding hydrogens is 460 g/mol. The van der Waals surface area contributed by atoms with E-state index in [1.54, 1.807) is 6.20 Å². The summed E-state index contributed by atoms with van der Waals surface area (Å²) in [7, 11) is 0. The van der Waals surface area contributed by atoms with Crippen LogP contribution in [0.3, 0.4) is 0 Å². The molecule has 3 amide bonds. The molecule has 0 bridgehead atoms. The second kappa shape index (κ2) is 13.6. The van der Waals surface area contributed by atoms with Gasteiger partial charge in [0.15, 0.2) is 0 Å². The Morgan fingerprint density at radius 1 is 0.971 bits per heavy atom. The number of carbonyl (C=O) groups is 4. The Hall–Kier alpha value is -3.09. The number of fused-ring (bicyclic) bond motifs is 1. The first-order chi connectivity index (χ1) is 16.3. The molecule has 0 radical (unpaired) electrons. The first-order valence-electron chi connectivity index (χ1n) is 11.0. The maximum Gasteiger partial charge on any atom is 0.327 e. The van der Waals surface area contributed by atoms with Gasteiger partial charge in [0, 0.05) is 29.3 Å². The van der Waals surface area contributed by atoms with Gasteiger partial charge in [-0.1, -0.05) is 18.2 Å². The maximum absolute atomic E-state index is 13.1. The van der Waals surface area contributed by atoms with Crippen LogP contribution in [0.15, 0.2) is 30.5 Å². The van der Waals surface area contributed by atoms with Crippen molar-refractivity contribution >= 4 is 47.2 Å². The molecule has 0 spiro atoms. The lowest BCUT2D eigenvalue weighted by molar-refractivity contribution is -0.141. The van der Waals surface area contributed by atoms with E-state index in [0.29, 0.717) is 25.8 Å². The minimum atomic E-state index is -1.24. The number of hydrogen-bond acceptors (Lipinski definition) is 7. The molecule has 0 saturated carbocycles. The first kappa shape index (κ1) is 27.2. The van der Waals surface area contributed by atoms with Crippen LogP contribution in [-0.2, 0) is 25.6 Å². The molecule has 12 heteroatoms. The summed E-state index contributed by atoms with van der Waals surface area (Å²) < 4.78 is 0. The fraction of sp³-hybridized carbons (Fsp3) is 0.455. The molecule has 11 nitrogen and oxygen atoms in total. The third kappa shape index (κ3) is 7.75. The predicted octanol–water partition coefficient (Wildman–Crippen LogP) is -0.733. The van der Waals surface area contributed by atoms with Crippen molar-refractivity contribution in [3.63, 3.8) is 0 Å². The van der Waals surface area contributed by atoms with E-state index in [9.17, 15) is 24.3 Å². The van der Waals surface area contributed by atoms with Gasteiger partial charge in [0.25, 0.3) is 0 Å². The van der Waals surface area contributed by atoms with Gasteiger partial charge < -0.3 is 37.5 Å². The molecule has 1 aromatic carbocycles. The van der Waals surface area contributed by atoms with Crippen molar-refractivity contribution in [1.82, 2.24) is 20.9 Å². The van der Waals surface area contributed by atoms with Crippen LogP contribution >= 0.6 is 12.6 Å². The number of para-hydroxylation sites is 1. The molecule has 2 rings (SSSR count). The number of thiol groups is 1. The number of unbranched alkanes of at least 4 members (excludes halogenated alkanes) is 1. The number of nitrogens with one attached hydrogen (secondary N) is 4. The van der Waals surface area contributed by atoms with Gasteiger partial charge in [-0.05, 0) is 37.4 Å². The third-order valence-electron chi connectivity index (χ3n) is 5.31.